The SMILES string of the molecule is C.CC(SSc1ccccn1)c1ccc(C(=O)ON2C(=O)CCC2=O)cc1. The third kappa shape index (κ3) is 5.33. The highest BCUT2D eigenvalue weighted by Crippen LogP contribution is 2.41. The highest BCUT2D eigenvalue weighted by atomic mass is 33.1. The van der Waals surface area contributed by atoms with Crippen LogP contribution in [0.2, 0.25) is 0 Å². The second-order valence-corrected chi connectivity index (χ2v) is 8.13. The quantitative estimate of drug-likeness (QED) is 0.520. The molecule has 1 aliphatic rings. The van der Waals surface area contributed by atoms with Crippen molar-refractivity contribution in [2.24, 2.45) is 0 Å². The molecule has 0 N–H and O–H groups in total. The summed E-state index contributed by atoms with van der Waals surface area (Å²) in [6, 6.07) is 12.7. The van der Waals surface area contributed by atoms with E-state index < -0.39 is 17.8 Å². The Hall–Kier alpha value is -2.32. The molecule has 142 valence electrons. The van der Waals surface area contributed by atoms with Crippen molar-refractivity contribution >= 4 is 39.4 Å². The van der Waals surface area contributed by atoms with Gasteiger partial charge in [0.05, 0.1) is 5.56 Å². The summed E-state index contributed by atoms with van der Waals surface area (Å²) in [4.78, 5) is 44.3. The molecule has 2 heterocycles. The zero-order valence-electron chi connectivity index (χ0n) is 14.0. The number of rotatable bonds is 6. The van der Waals surface area contributed by atoms with Crippen LogP contribution in [0.4, 0.5) is 0 Å². The van der Waals surface area contributed by atoms with Crippen LogP contribution in [0.25, 0.3) is 0 Å². The van der Waals surface area contributed by atoms with Gasteiger partial charge in [-0.25, -0.2) is 9.78 Å². The Balaban J connectivity index is 0.00000261. The van der Waals surface area contributed by atoms with Gasteiger partial charge in [-0.1, -0.05) is 36.4 Å². The topological polar surface area (TPSA) is 76.6 Å². The van der Waals surface area contributed by atoms with Gasteiger partial charge in [0.25, 0.3) is 11.8 Å². The molecule has 1 atom stereocenters. The zero-order chi connectivity index (χ0) is 18.5. The van der Waals surface area contributed by atoms with Gasteiger partial charge < -0.3 is 4.84 Å². The largest absolute Gasteiger partial charge is 0.363 e. The van der Waals surface area contributed by atoms with Crippen LogP contribution in [0.1, 0.15) is 48.4 Å². The van der Waals surface area contributed by atoms with Crippen LogP contribution in [0.5, 0.6) is 0 Å². The Morgan fingerprint density at radius 2 is 1.78 bits per heavy atom. The number of aromatic nitrogens is 1. The van der Waals surface area contributed by atoms with Crippen molar-refractivity contribution < 1.29 is 19.2 Å². The minimum atomic E-state index is -0.719. The molecule has 27 heavy (non-hydrogen) atoms. The first-order valence-corrected chi connectivity index (χ1v) is 10.2. The van der Waals surface area contributed by atoms with Gasteiger partial charge in [0.2, 0.25) is 0 Å². The van der Waals surface area contributed by atoms with Crippen LogP contribution in [0.15, 0.2) is 53.7 Å². The summed E-state index contributed by atoms with van der Waals surface area (Å²) in [6.07, 6.45) is 1.91. The maximum absolute atomic E-state index is 12.1. The molecule has 0 aliphatic carbocycles. The van der Waals surface area contributed by atoms with E-state index in [1.165, 1.54) is 0 Å². The molecule has 1 fully saturated rings. The van der Waals surface area contributed by atoms with Crippen LogP contribution in [0, 0.1) is 0 Å². The highest BCUT2D eigenvalue weighted by Gasteiger charge is 2.33. The average Bonchev–Trinajstić information content (AvgIpc) is 2.99. The molecule has 1 aromatic heterocycles. The van der Waals surface area contributed by atoms with Crippen LogP contribution in [-0.2, 0) is 14.4 Å². The van der Waals surface area contributed by atoms with Crippen molar-refractivity contribution in [3.05, 3.63) is 59.8 Å². The molecule has 1 aliphatic heterocycles. The van der Waals surface area contributed by atoms with E-state index in [9.17, 15) is 14.4 Å². The van der Waals surface area contributed by atoms with E-state index in [0.717, 1.165) is 10.6 Å². The van der Waals surface area contributed by atoms with Crippen molar-refractivity contribution in [2.75, 3.05) is 0 Å². The number of hydrogen-bond donors (Lipinski definition) is 0. The predicted molar refractivity (Wildman–Crippen MR) is 106 cm³/mol. The minimum absolute atomic E-state index is 0. The van der Waals surface area contributed by atoms with Gasteiger partial charge in [-0.2, -0.15) is 0 Å². The number of hydroxylamine groups is 2. The van der Waals surface area contributed by atoms with E-state index in [1.807, 2.05) is 30.3 Å². The lowest BCUT2D eigenvalue weighted by Gasteiger charge is -2.13. The molecular formula is C19H20N2O4S2. The Morgan fingerprint density at radius 1 is 1.11 bits per heavy atom. The molecule has 2 amide bonds. The molecule has 3 rings (SSSR count). The second-order valence-electron chi connectivity index (χ2n) is 5.57. The molecule has 0 saturated carbocycles. The van der Waals surface area contributed by atoms with Gasteiger partial charge in [0.1, 0.15) is 5.03 Å². The minimum Gasteiger partial charge on any atom is -0.325 e. The molecule has 0 spiro atoms. The lowest BCUT2D eigenvalue weighted by molar-refractivity contribution is -0.172. The lowest BCUT2D eigenvalue weighted by Crippen LogP contribution is -2.32. The fourth-order valence-corrected chi connectivity index (χ4v) is 4.36. The molecular weight excluding hydrogens is 384 g/mol. The monoisotopic (exact) mass is 404 g/mol. The van der Waals surface area contributed by atoms with E-state index in [4.69, 9.17) is 4.84 Å². The maximum Gasteiger partial charge on any atom is 0.363 e. The number of carbonyl (C=O) groups is 3. The van der Waals surface area contributed by atoms with Crippen molar-refractivity contribution in [2.45, 2.75) is 37.5 Å². The molecule has 8 heteroatoms. The van der Waals surface area contributed by atoms with E-state index in [2.05, 4.69) is 11.9 Å². The standard InChI is InChI=1S/C18H16N2O4S2.CH4/c1-12(25-26-15-4-2-3-11-19-15)13-5-7-14(8-6-13)18(23)24-20-16(21)9-10-17(20)22;/h2-8,11-12H,9-10H2,1H3;1H4. The summed E-state index contributed by atoms with van der Waals surface area (Å²) in [5.41, 5.74) is 1.33. The van der Waals surface area contributed by atoms with E-state index in [1.54, 1.807) is 39.9 Å². The Labute approximate surface area is 166 Å². The van der Waals surface area contributed by atoms with Crippen LogP contribution >= 0.6 is 21.6 Å². The third-order valence-electron chi connectivity index (χ3n) is 3.71. The zero-order valence-corrected chi connectivity index (χ0v) is 15.6. The van der Waals surface area contributed by atoms with Gasteiger partial charge in [-0.3, -0.25) is 9.59 Å². The Morgan fingerprint density at radius 3 is 2.37 bits per heavy atom. The smallest absolute Gasteiger partial charge is 0.325 e. The predicted octanol–water partition coefficient (Wildman–Crippen LogP) is 4.44. The summed E-state index contributed by atoms with van der Waals surface area (Å²) in [5.74, 6) is -1.70. The molecule has 1 saturated heterocycles. The van der Waals surface area contributed by atoms with Gasteiger partial charge in [-0.05, 0) is 47.5 Å². The first kappa shape index (κ1) is 21.0. The summed E-state index contributed by atoms with van der Waals surface area (Å²) >= 11 is 0. The van der Waals surface area contributed by atoms with E-state index in [-0.39, 0.29) is 31.1 Å². The van der Waals surface area contributed by atoms with Crippen molar-refractivity contribution in [3.63, 3.8) is 0 Å². The molecule has 2 aromatic rings. The molecule has 0 radical (unpaired) electrons. The first-order chi connectivity index (χ1) is 12.5. The third-order valence-corrected chi connectivity index (χ3v) is 6.45. The van der Waals surface area contributed by atoms with Crippen LogP contribution in [-0.4, -0.2) is 27.8 Å². The van der Waals surface area contributed by atoms with Gasteiger partial charge in [0, 0.05) is 24.3 Å². The second kappa shape index (κ2) is 9.57. The fraction of sp³-hybridized carbons (Fsp3) is 0.263. The number of amides is 2. The lowest BCUT2D eigenvalue weighted by atomic mass is 10.1. The molecule has 0 bridgehead atoms. The van der Waals surface area contributed by atoms with Gasteiger partial charge in [0.15, 0.2) is 0 Å². The molecule has 1 unspecified atom stereocenters. The number of pyridine rings is 1. The Bertz CT molecular complexity index is 796. The molecule has 1 aromatic carbocycles. The first-order valence-electron chi connectivity index (χ1n) is 7.97. The number of carbonyl (C=O) groups excluding carboxylic acids is 3. The summed E-state index contributed by atoms with van der Waals surface area (Å²) in [7, 11) is 3.25. The number of benzene rings is 1. The van der Waals surface area contributed by atoms with Gasteiger partial charge >= 0.3 is 5.97 Å². The highest BCUT2D eigenvalue weighted by molar-refractivity contribution is 8.76. The van der Waals surface area contributed by atoms with Crippen LogP contribution in [0.3, 0.4) is 0 Å². The van der Waals surface area contributed by atoms with Crippen molar-refractivity contribution in [1.82, 2.24) is 10.0 Å². The van der Waals surface area contributed by atoms with Crippen LogP contribution < -0.4 is 0 Å². The Kier molecular flexibility index (Phi) is 7.44. The maximum atomic E-state index is 12.1. The van der Waals surface area contributed by atoms with Gasteiger partial charge in [-0.15, -0.1) is 5.06 Å². The average molecular weight is 405 g/mol. The fourth-order valence-electron chi connectivity index (χ4n) is 2.26. The summed E-state index contributed by atoms with van der Waals surface area (Å²) in [6.45, 7) is 2.06. The summed E-state index contributed by atoms with van der Waals surface area (Å²) in [5, 5.41) is 1.68. The van der Waals surface area contributed by atoms with E-state index >= 15 is 0 Å². The number of hydrogen-bond acceptors (Lipinski definition) is 7. The summed E-state index contributed by atoms with van der Waals surface area (Å²) < 4.78 is 0. The normalized spacial score (nSPS) is 14.6. The van der Waals surface area contributed by atoms with Crippen molar-refractivity contribution in [1.29, 1.82) is 0 Å². The molecule has 6 nitrogen and oxygen atoms in total. The van der Waals surface area contributed by atoms with Crippen molar-refractivity contribution in [3.8, 4) is 0 Å². The number of nitrogens with zero attached hydrogens (tertiary/aromatic N) is 2. The van der Waals surface area contributed by atoms with E-state index in [0.29, 0.717) is 5.06 Å². The number of imide groups is 1.